The lowest BCUT2D eigenvalue weighted by Crippen LogP contribution is -2.44. The molecule has 0 amide bonds. The quantitative estimate of drug-likeness (QED) is 0.665. The summed E-state index contributed by atoms with van der Waals surface area (Å²) in [5.74, 6) is 2.90. The van der Waals surface area contributed by atoms with Crippen molar-refractivity contribution in [1.29, 1.82) is 0 Å². The van der Waals surface area contributed by atoms with E-state index in [0.717, 1.165) is 23.8 Å². The lowest BCUT2D eigenvalue weighted by Gasteiger charge is -2.40. The van der Waals surface area contributed by atoms with Gasteiger partial charge < -0.3 is 10.6 Å². The molecule has 4 atom stereocenters. The summed E-state index contributed by atoms with van der Waals surface area (Å²) in [4.78, 5) is 0. The van der Waals surface area contributed by atoms with Gasteiger partial charge >= 0.3 is 0 Å². The van der Waals surface area contributed by atoms with Crippen LogP contribution in [0.5, 0.6) is 0 Å². The molecule has 4 rings (SSSR count). The summed E-state index contributed by atoms with van der Waals surface area (Å²) in [5.41, 5.74) is 3.79. The molecule has 118 valence electrons. The summed E-state index contributed by atoms with van der Waals surface area (Å²) < 4.78 is 0. The summed E-state index contributed by atoms with van der Waals surface area (Å²) in [5, 5.41) is 7.52. The van der Waals surface area contributed by atoms with Gasteiger partial charge in [-0.05, 0) is 88.8 Å². The minimum Gasteiger partial charge on any atom is -0.316 e. The molecule has 0 aromatic rings. The van der Waals surface area contributed by atoms with Gasteiger partial charge in [-0.3, -0.25) is 0 Å². The molecule has 4 unspecified atom stereocenters. The van der Waals surface area contributed by atoms with Gasteiger partial charge in [-0.2, -0.15) is 0 Å². The molecule has 4 fully saturated rings. The van der Waals surface area contributed by atoms with Crippen molar-refractivity contribution in [2.45, 2.75) is 70.3 Å². The third-order valence-corrected chi connectivity index (χ3v) is 6.75. The fraction of sp³-hybridized carbons (Fsp3) is 0.895. The van der Waals surface area contributed by atoms with Gasteiger partial charge in [0.05, 0.1) is 0 Å². The zero-order chi connectivity index (χ0) is 14.1. The molecule has 0 bridgehead atoms. The van der Waals surface area contributed by atoms with E-state index in [1.54, 1.807) is 0 Å². The molecule has 2 aliphatic heterocycles. The van der Waals surface area contributed by atoms with Gasteiger partial charge in [-0.25, -0.2) is 0 Å². The van der Waals surface area contributed by atoms with Crippen LogP contribution in [0, 0.1) is 17.8 Å². The Kier molecular flexibility index (Phi) is 4.36. The highest BCUT2D eigenvalue weighted by atomic mass is 14.9. The van der Waals surface area contributed by atoms with E-state index >= 15 is 0 Å². The van der Waals surface area contributed by atoms with Gasteiger partial charge in [0.2, 0.25) is 0 Å². The topological polar surface area (TPSA) is 24.1 Å². The van der Waals surface area contributed by atoms with Crippen LogP contribution in [0.2, 0.25) is 0 Å². The highest BCUT2D eigenvalue weighted by Crippen LogP contribution is 2.47. The van der Waals surface area contributed by atoms with Crippen molar-refractivity contribution in [3.05, 3.63) is 11.1 Å². The lowest BCUT2D eigenvalue weighted by molar-refractivity contribution is 0.257. The van der Waals surface area contributed by atoms with E-state index in [9.17, 15) is 0 Å². The Morgan fingerprint density at radius 3 is 2.38 bits per heavy atom. The molecule has 4 aliphatic rings. The molecule has 0 aromatic heterocycles. The molecule has 0 aromatic carbocycles. The van der Waals surface area contributed by atoms with Gasteiger partial charge in [0.1, 0.15) is 0 Å². The maximum atomic E-state index is 3.96. The zero-order valence-corrected chi connectivity index (χ0v) is 13.5. The number of piperidine rings is 2. The summed E-state index contributed by atoms with van der Waals surface area (Å²) in [6, 6.07) is 0.750. The Morgan fingerprint density at radius 2 is 1.48 bits per heavy atom. The zero-order valence-electron chi connectivity index (χ0n) is 13.5. The second kappa shape index (κ2) is 6.42. The first-order valence-corrected chi connectivity index (χ1v) is 9.59. The van der Waals surface area contributed by atoms with Crippen LogP contribution in [-0.2, 0) is 0 Å². The first-order chi connectivity index (χ1) is 10.4. The molecule has 21 heavy (non-hydrogen) atoms. The molecule has 2 N–H and O–H groups in total. The van der Waals surface area contributed by atoms with Crippen LogP contribution in [0.25, 0.3) is 0 Å². The second-order valence-corrected chi connectivity index (χ2v) is 7.87. The van der Waals surface area contributed by atoms with Gasteiger partial charge in [-0.1, -0.05) is 24.0 Å². The van der Waals surface area contributed by atoms with E-state index in [2.05, 4.69) is 10.6 Å². The lowest BCUT2D eigenvalue weighted by atomic mass is 9.70. The van der Waals surface area contributed by atoms with Gasteiger partial charge in [0.15, 0.2) is 0 Å². The summed E-state index contributed by atoms with van der Waals surface area (Å²) in [7, 11) is 0. The van der Waals surface area contributed by atoms with Gasteiger partial charge in [0, 0.05) is 6.04 Å². The van der Waals surface area contributed by atoms with E-state index in [0.29, 0.717) is 0 Å². The first kappa shape index (κ1) is 14.3. The van der Waals surface area contributed by atoms with Crippen LogP contribution in [0.15, 0.2) is 11.1 Å². The third kappa shape index (κ3) is 2.82. The predicted molar refractivity (Wildman–Crippen MR) is 88.3 cm³/mol. The Hall–Kier alpha value is -0.340. The Morgan fingerprint density at radius 1 is 0.714 bits per heavy atom. The van der Waals surface area contributed by atoms with Crippen molar-refractivity contribution in [1.82, 2.24) is 10.6 Å². The fourth-order valence-corrected chi connectivity index (χ4v) is 5.75. The van der Waals surface area contributed by atoms with Crippen molar-refractivity contribution < 1.29 is 0 Å². The van der Waals surface area contributed by atoms with Crippen molar-refractivity contribution in [3.8, 4) is 0 Å². The first-order valence-electron chi connectivity index (χ1n) is 9.59. The Bertz CT molecular complexity index is 366. The van der Waals surface area contributed by atoms with Crippen molar-refractivity contribution in [2.24, 2.45) is 17.8 Å². The third-order valence-electron chi connectivity index (χ3n) is 6.75. The molecule has 2 nitrogen and oxygen atoms in total. The maximum Gasteiger partial charge on any atom is 0.0313 e. The van der Waals surface area contributed by atoms with E-state index in [1.807, 2.05) is 11.1 Å². The number of hydrogen-bond donors (Lipinski definition) is 2. The van der Waals surface area contributed by atoms with Gasteiger partial charge in [-0.15, -0.1) is 0 Å². The minimum absolute atomic E-state index is 0.750. The Balaban J connectivity index is 1.71. The molecule has 0 spiro atoms. The number of hydrogen-bond acceptors (Lipinski definition) is 2. The number of rotatable bonds is 0. The maximum absolute atomic E-state index is 3.96. The summed E-state index contributed by atoms with van der Waals surface area (Å²) in [6.07, 6.45) is 14.5. The molecular formula is C19H32N2. The fourth-order valence-electron chi connectivity index (χ4n) is 5.75. The van der Waals surface area contributed by atoms with Gasteiger partial charge in [0.25, 0.3) is 0 Å². The summed E-state index contributed by atoms with van der Waals surface area (Å²) >= 11 is 0. The van der Waals surface area contributed by atoms with E-state index in [-0.39, 0.29) is 0 Å². The van der Waals surface area contributed by atoms with E-state index in [1.165, 1.54) is 83.8 Å². The predicted octanol–water partition coefficient (Wildman–Crippen LogP) is 3.63. The molecule has 2 saturated carbocycles. The largest absolute Gasteiger partial charge is 0.316 e. The number of fused-ring (bicyclic) bond motifs is 2. The van der Waals surface area contributed by atoms with E-state index < -0.39 is 0 Å². The average Bonchev–Trinajstić information content (AvgIpc) is 2.72. The van der Waals surface area contributed by atoms with E-state index in [4.69, 9.17) is 0 Å². The smallest absolute Gasteiger partial charge is 0.0313 e. The highest BCUT2D eigenvalue weighted by Gasteiger charge is 2.40. The summed E-state index contributed by atoms with van der Waals surface area (Å²) in [6.45, 7) is 3.69. The highest BCUT2D eigenvalue weighted by molar-refractivity contribution is 5.28. The average molecular weight is 288 g/mol. The second-order valence-electron chi connectivity index (χ2n) is 7.87. The standard InChI is InChI=1S/C19H32N2/c1-2-6-17-14(4-1)7-8-16-5-3-11-21-19(16)18(17)15-9-12-20-13-10-15/h14,16-17,19-21H,1-13H2. The Labute approximate surface area is 130 Å². The SMILES string of the molecule is C1CCC2C(=C3CCNCC3)C3NCCCC3CCC2C1. The van der Waals surface area contributed by atoms with Crippen molar-refractivity contribution >= 4 is 0 Å². The van der Waals surface area contributed by atoms with Crippen LogP contribution in [0.1, 0.15) is 64.2 Å². The van der Waals surface area contributed by atoms with Crippen LogP contribution < -0.4 is 10.6 Å². The van der Waals surface area contributed by atoms with Crippen LogP contribution in [0.3, 0.4) is 0 Å². The molecule has 2 aliphatic carbocycles. The molecule has 2 saturated heterocycles. The number of nitrogens with one attached hydrogen (secondary N) is 2. The molecular weight excluding hydrogens is 256 g/mol. The monoisotopic (exact) mass is 288 g/mol. The molecule has 0 radical (unpaired) electrons. The normalized spacial score (nSPS) is 41.1. The molecule has 2 heteroatoms. The van der Waals surface area contributed by atoms with Crippen LogP contribution in [0.4, 0.5) is 0 Å². The van der Waals surface area contributed by atoms with Crippen molar-refractivity contribution in [3.63, 3.8) is 0 Å². The minimum atomic E-state index is 0.750. The van der Waals surface area contributed by atoms with Crippen molar-refractivity contribution in [2.75, 3.05) is 19.6 Å². The van der Waals surface area contributed by atoms with Crippen LogP contribution in [-0.4, -0.2) is 25.7 Å². The van der Waals surface area contributed by atoms with Crippen LogP contribution >= 0.6 is 0 Å². The molecule has 2 heterocycles.